The lowest BCUT2D eigenvalue weighted by atomic mass is 9.90. The summed E-state index contributed by atoms with van der Waals surface area (Å²) in [4.78, 5) is 26.6. The molecule has 0 bridgehead atoms. The molecule has 2 aromatic carbocycles. The van der Waals surface area contributed by atoms with Crippen molar-refractivity contribution in [3.8, 4) is 0 Å². The van der Waals surface area contributed by atoms with Crippen molar-refractivity contribution in [3.05, 3.63) is 47.5 Å². The fraction of sp³-hybridized carbons (Fsp3) is 0.440. The topological polar surface area (TPSA) is 109 Å². The number of nitrogens with one attached hydrogen (secondary N) is 3. The number of ether oxygens (including phenoxy) is 1. The highest BCUT2D eigenvalue weighted by atomic mass is 16.5. The van der Waals surface area contributed by atoms with Crippen molar-refractivity contribution in [2.24, 2.45) is 5.73 Å². The molecule has 0 radical (unpaired) electrons. The highest BCUT2D eigenvalue weighted by molar-refractivity contribution is 6.03. The minimum Gasteiger partial charge on any atom is -0.381 e. The highest BCUT2D eigenvalue weighted by Gasteiger charge is 2.25. The van der Waals surface area contributed by atoms with Crippen LogP contribution in [-0.4, -0.2) is 50.2 Å². The first kappa shape index (κ1) is 21.7. The van der Waals surface area contributed by atoms with Gasteiger partial charge in [-0.15, -0.1) is 0 Å². The van der Waals surface area contributed by atoms with Crippen LogP contribution in [0.4, 0.5) is 22.7 Å². The number of amides is 2. The zero-order valence-corrected chi connectivity index (χ0v) is 18.7. The van der Waals surface area contributed by atoms with Crippen LogP contribution in [0.25, 0.3) is 0 Å². The van der Waals surface area contributed by atoms with E-state index in [2.05, 4.69) is 22.0 Å². The van der Waals surface area contributed by atoms with Crippen LogP contribution in [0.3, 0.4) is 0 Å². The van der Waals surface area contributed by atoms with Crippen molar-refractivity contribution >= 4 is 34.6 Å². The van der Waals surface area contributed by atoms with Gasteiger partial charge in [0.1, 0.15) is 6.61 Å². The molecule has 5 rings (SSSR count). The average molecular weight is 450 g/mol. The van der Waals surface area contributed by atoms with E-state index in [9.17, 15) is 9.59 Å². The van der Waals surface area contributed by atoms with Crippen molar-refractivity contribution in [1.82, 2.24) is 5.32 Å². The second-order valence-corrected chi connectivity index (χ2v) is 9.03. The van der Waals surface area contributed by atoms with Gasteiger partial charge in [0.25, 0.3) is 11.8 Å². The maximum absolute atomic E-state index is 12.7. The van der Waals surface area contributed by atoms with Crippen LogP contribution in [0.15, 0.2) is 36.4 Å². The Labute approximate surface area is 193 Å². The van der Waals surface area contributed by atoms with Crippen molar-refractivity contribution in [1.29, 1.82) is 0 Å². The number of morpholine rings is 1. The number of anilines is 4. The Morgan fingerprint density at radius 3 is 2.67 bits per heavy atom. The summed E-state index contributed by atoms with van der Waals surface area (Å²) >= 11 is 0. The fourth-order valence-electron chi connectivity index (χ4n) is 4.97. The zero-order chi connectivity index (χ0) is 22.8. The number of fused-ring (bicyclic) bond motifs is 1. The molecule has 5 N–H and O–H groups in total. The number of benzene rings is 2. The number of rotatable bonds is 5. The first-order valence-electron chi connectivity index (χ1n) is 11.8. The first-order chi connectivity index (χ1) is 16.1. The number of nitrogens with zero attached hydrogens (tertiary/aromatic N) is 1. The average Bonchev–Trinajstić information content (AvgIpc) is 2.81. The summed E-state index contributed by atoms with van der Waals surface area (Å²) in [5.41, 5.74) is 11.5. The summed E-state index contributed by atoms with van der Waals surface area (Å²) in [5.74, 6) is -0.0948. The molecule has 8 heteroatoms. The standard InChI is InChI=1S/C25H31N5O3/c26-20-3-1-2-4-21(20)29-18-13-16-9-10-27-25(32)24(16)22(14-18)28-17-5-7-19(8-6-17)30-11-12-33-15-23(30)31/h5-8,13-14,20-21,28-29H,1-4,9-12,15,26H2,(H,27,32). The van der Waals surface area contributed by atoms with Gasteiger partial charge < -0.3 is 31.3 Å². The zero-order valence-electron chi connectivity index (χ0n) is 18.7. The number of hydrogen-bond acceptors (Lipinski definition) is 6. The number of carbonyl (C=O) groups is 2. The van der Waals surface area contributed by atoms with E-state index in [1.165, 1.54) is 12.8 Å². The van der Waals surface area contributed by atoms with E-state index in [1.54, 1.807) is 4.90 Å². The van der Waals surface area contributed by atoms with Crippen LogP contribution in [0.2, 0.25) is 0 Å². The molecule has 0 aromatic heterocycles. The smallest absolute Gasteiger partial charge is 0.253 e. The Hall–Kier alpha value is -3.10. The molecule has 1 aliphatic carbocycles. The van der Waals surface area contributed by atoms with Gasteiger partial charge in [-0.05, 0) is 61.2 Å². The van der Waals surface area contributed by atoms with E-state index in [0.717, 1.165) is 47.6 Å². The summed E-state index contributed by atoms with van der Waals surface area (Å²) < 4.78 is 5.22. The maximum atomic E-state index is 12.7. The highest BCUT2D eigenvalue weighted by Crippen LogP contribution is 2.32. The molecular formula is C25H31N5O3. The second-order valence-electron chi connectivity index (χ2n) is 9.03. The lowest BCUT2D eigenvalue weighted by molar-refractivity contribution is -0.125. The molecule has 33 heavy (non-hydrogen) atoms. The van der Waals surface area contributed by atoms with Crippen LogP contribution in [-0.2, 0) is 16.0 Å². The third-order valence-electron chi connectivity index (χ3n) is 6.74. The largest absolute Gasteiger partial charge is 0.381 e. The normalized spacial score (nSPS) is 23.0. The summed E-state index contributed by atoms with van der Waals surface area (Å²) in [5, 5.41) is 10.0. The Morgan fingerprint density at radius 2 is 1.88 bits per heavy atom. The molecule has 2 atom stereocenters. The van der Waals surface area contributed by atoms with E-state index in [-0.39, 0.29) is 30.5 Å². The van der Waals surface area contributed by atoms with Gasteiger partial charge in [-0.3, -0.25) is 9.59 Å². The van der Waals surface area contributed by atoms with Gasteiger partial charge >= 0.3 is 0 Å². The van der Waals surface area contributed by atoms with Gasteiger partial charge in [0.05, 0.1) is 17.9 Å². The van der Waals surface area contributed by atoms with E-state index in [1.807, 2.05) is 30.3 Å². The predicted octanol–water partition coefficient (Wildman–Crippen LogP) is 2.76. The molecule has 8 nitrogen and oxygen atoms in total. The van der Waals surface area contributed by atoms with Gasteiger partial charge in [-0.1, -0.05) is 12.8 Å². The summed E-state index contributed by atoms with van der Waals surface area (Å²) in [7, 11) is 0. The van der Waals surface area contributed by atoms with Gasteiger partial charge in [0.15, 0.2) is 0 Å². The van der Waals surface area contributed by atoms with Gasteiger partial charge in [0.2, 0.25) is 0 Å². The Bertz CT molecular complexity index is 1040. The molecule has 2 aliphatic heterocycles. The lowest BCUT2D eigenvalue weighted by Crippen LogP contribution is -2.42. The quantitative estimate of drug-likeness (QED) is 0.559. The summed E-state index contributed by atoms with van der Waals surface area (Å²) in [6.45, 7) is 1.85. The Morgan fingerprint density at radius 1 is 1.06 bits per heavy atom. The molecule has 2 heterocycles. The number of carbonyl (C=O) groups excluding carboxylic acids is 2. The lowest BCUT2D eigenvalue weighted by Gasteiger charge is -2.31. The molecule has 2 unspecified atom stereocenters. The van der Waals surface area contributed by atoms with E-state index < -0.39 is 0 Å². The number of hydrogen-bond donors (Lipinski definition) is 4. The molecular weight excluding hydrogens is 418 g/mol. The van der Waals surface area contributed by atoms with Crippen molar-refractivity contribution < 1.29 is 14.3 Å². The van der Waals surface area contributed by atoms with Crippen molar-refractivity contribution in [2.45, 2.75) is 44.2 Å². The molecule has 2 fully saturated rings. The minimum absolute atomic E-state index is 0.0348. The Balaban J connectivity index is 1.40. The molecule has 1 saturated heterocycles. The van der Waals surface area contributed by atoms with E-state index in [4.69, 9.17) is 10.5 Å². The first-order valence-corrected chi connectivity index (χ1v) is 11.8. The molecule has 174 valence electrons. The number of nitrogens with two attached hydrogens (primary N) is 1. The second kappa shape index (κ2) is 9.41. The van der Waals surface area contributed by atoms with Crippen LogP contribution in [0.1, 0.15) is 41.6 Å². The van der Waals surface area contributed by atoms with Crippen molar-refractivity contribution in [3.63, 3.8) is 0 Å². The molecule has 1 saturated carbocycles. The maximum Gasteiger partial charge on any atom is 0.253 e. The third kappa shape index (κ3) is 4.67. The van der Waals surface area contributed by atoms with Gasteiger partial charge in [0, 0.05) is 42.2 Å². The molecule has 2 aromatic rings. The molecule has 0 spiro atoms. The molecule has 3 aliphatic rings. The molecule has 2 amide bonds. The van der Waals surface area contributed by atoms with Crippen LogP contribution >= 0.6 is 0 Å². The van der Waals surface area contributed by atoms with Crippen molar-refractivity contribution in [2.75, 3.05) is 41.8 Å². The minimum atomic E-state index is -0.0600. The van der Waals surface area contributed by atoms with Crippen LogP contribution < -0.4 is 26.6 Å². The van der Waals surface area contributed by atoms with E-state index >= 15 is 0 Å². The van der Waals surface area contributed by atoms with Gasteiger partial charge in [-0.2, -0.15) is 0 Å². The van der Waals surface area contributed by atoms with Gasteiger partial charge in [-0.25, -0.2) is 0 Å². The monoisotopic (exact) mass is 449 g/mol. The van der Waals surface area contributed by atoms with Crippen LogP contribution in [0, 0.1) is 0 Å². The predicted molar refractivity (Wildman–Crippen MR) is 129 cm³/mol. The third-order valence-corrected chi connectivity index (χ3v) is 6.74. The summed E-state index contributed by atoms with van der Waals surface area (Å²) in [6, 6.07) is 12.2. The fourth-order valence-corrected chi connectivity index (χ4v) is 4.97. The van der Waals surface area contributed by atoms with E-state index in [0.29, 0.717) is 25.3 Å². The SMILES string of the molecule is NC1CCCCC1Nc1cc2c(c(Nc3ccc(N4CCOCC4=O)cc3)c1)C(=O)NCC2. The summed E-state index contributed by atoms with van der Waals surface area (Å²) in [6.07, 6.45) is 5.25. The Kier molecular flexibility index (Phi) is 6.20. The van der Waals surface area contributed by atoms with Crippen LogP contribution in [0.5, 0.6) is 0 Å².